The van der Waals surface area contributed by atoms with E-state index in [2.05, 4.69) is 53.4 Å². The molecule has 9 nitrogen and oxygen atoms in total. The van der Waals surface area contributed by atoms with E-state index >= 15 is 0 Å². The fourth-order valence-corrected chi connectivity index (χ4v) is 5.64. The van der Waals surface area contributed by atoms with Gasteiger partial charge in [-0.3, -0.25) is 4.99 Å². The smallest absolute Gasteiger partial charge is 0.337 e. The number of aliphatic carboxylic acids is 1. The second-order valence-corrected chi connectivity index (χ2v) is 13.3. The van der Waals surface area contributed by atoms with Crippen molar-refractivity contribution in [2.24, 2.45) is 10.4 Å². The number of carbonyl (C=O) groups is 1. The quantitative estimate of drug-likeness (QED) is 0.267. The highest BCUT2D eigenvalue weighted by Gasteiger charge is 2.37. The molecule has 226 valence electrons. The maximum atomic E-state index is 12.5. The minimum atomic E-state index is -1.11. The molecule has 3 atom stereocenters. The predicted molar refractivity (Wildman–Crippen MR) is 161 cm³/mol. The van der Waals surface area contributed by atoms with Gasteiger partial charge in [0, 0.05) is 37.0 Å². The number of rotatable bonds is 11. The number of nitrogens with one attached hydrogen (secondary N) is 3. The first-order valence-electron chi connectivity index (χ1n) is 15.2. The van der Waals surface area contributed by atoms with Crippen molar-refractivity contribution < 1.29 is 14.6 Å². The van der Waals surface area contributed by atoms with Crippen molar-refractivity contribution in [2.75, 3.05) is 13.1 Å². The molecule has 1 aromatic rings. The largest absolute Gasteiger partial charge is 0.479 e. The summed E-state index contributed by atoms with van der Waals surface area (Å²) in [5.41, 5.74) is 10.1. The molecule has 1 unspecified atom stereocenters. The molecular weight excluding hydrogens is 504 g/mol. The molecule has 40 heavy (non-hydrogen) atoms. The molecule has 1 saturated heterocycles. The van der Waals surface area contributed by atoms with Crippen LogP contribution < -0.4 is 10.9 Å². The first-order chi connectivity index (χ1) is 18.7. The zero-order chi connectivity index (χ0) is 29.7. The standard InChI is InChI=1S/C31H54N6O3/c1-20-21(2)34-25(33-20)14-12-10-11-13-15-31(9)16-18-37(19-17-31)28-26(27(29(38)39)40-30(6,7)8)24(5)32-22(3)23(4)35-36-28/h22-23,27,35-36H,10-19H2,1-9H3,(H,33,34)(H,38,39)/b28-26-,32-24-/t22-,23?,27+/m1/s1. The molecule has 0 radical (unpaired) electrons. The van der Waals surface area contributed by atoms with Gasteiger partial charge in [0.25, 0.3) is 0 Å². The monoisotopic (exact) mass is 558 g/mol. The molecule has 2 aliphatic rings. The van der Waals surface area contributed by atoms with Gasteiger partial charge in [0.2, 0.25) is 0 Å². The molecular formula is C31H54N6O3. The molecule has 0 amide bonds. The number of aliphatic imine (C=N–C) groups is 1. The first kappa shape index (κ1) is 32.1. The number of unbranched alkanes of at least 4 members (excludes halogenated alkanes) is 3. The van der Waals surface area contributed by atoms with Crippen LogP contribution in [0.15, 0.2) is 16.4 Å². The summed E-state index contributed by atoms with van der Waals surface area (Å²) in [6.07, 6.45) is 8.14. The highest BCUT2D eigenvalue weighted by molar-refractivity contribution is 6.04. The Bertz CT molecular complexity index is 1040. The molecule has 2 aliphatic heterocycles. The molecule has 1 fully saturated rings. The van der Waals surface area contributed by atoms with Crippen LogP contribution in [0.5, 0.6) is 0 Å². The second-order valence-electron chi connectivity index (χ2n) is 13.3. The summed E-state index contributed by atoms with van der Waals surface area (Å²) in [6, 6.07) is 0.0827. The van der Waals surface area contributed by atoms with Crippen molar-refractivity contribution in [1.29, 1.82) is 0 Å². The van der Waals surface area contributed by atoms with Gasteiger partial charge in [-0.1, -0.05) is 26.2 Å². The van der Waals surface area contributed by atoms with Crippen LogP contribution in [0.4, 0.5) is 0 Å². The Kier molecular flexibility index (Phi) is 10.9. The van der Waals surface area contributed by atoms with Crippen molar-refractivity contribution in [3.8, 4) is 0 Å². The van der Waals surface area contributed by atoms with Gasteiger partial charge in [0.05, 0.1) is 22.9 Å². The van der Waals surface area contributed by atoms with Gasteiger partial charge in [0.1, 0.15) is 11.6 Å². The van der Waals surface area contributed by atoms with Crippen molar-refractivity contribution >= 4 is 11.7 Å². The summed E-state index contributed by atoms with van der Waals surface area (Å²) in [6.45, 7) is 20.0. The topological polar surface area (TPSA) is 115 Å². The molecule has 0 spiro atoms. The van der Waals surface area contributed by atoms with Crippen molar-refractivity contribution in [3.63, 3.8) is 0 Å². The summed E-state index contributed by atoms with van der Waals surface area (Å²) in [4.78, 5) is 27.7. The van der Waals surface area contributed by atoms with E-state index < -0.39 is 17.7 Å². The van der Waals surface area contributed by atoms with Gasteiger partial charge in [-0.15, -0.1) is 0 Å². The summed E-state index contributed by atoms with van der Waals surface area (Å²) in [5.74, 6) is 0.892. The van der Waals surface area contributed by atoms with E-state index in [1.165, 1.54) is 37.8 Å². The lowest BCUT2D eigenvalue weighted by Gasteiger charge is -2.43. The number of piperidine rings is 1. The van der Waals surface area contributed by atoms with Gasteiger partial charge < -0.3 is 25.2 Å². The van der Waals surface area contributed by atoms with Crippen molar-refractivity contribution in [3.05, 3.63) is 28.6 Å². The highest BCUT2D eigenvalue weighted by atomic mass is 16.5. The van der Waals surface area contributed by atoms with E-state index in [0.29, 0.717) is 16.7 Å². The summed E-state index contributed by atoms with van der Waals surface area (Å²) < 4.78 is 6.11. The molecule has 0 aliphatic carbocycles. The zero-order valence-corrected chi connectivity index (χ0v) is 26.4. The van der Waals surface area contributed by atoms with Crippen LogP contribution in [0.1, 0.15) is 111 Å². The van der Waals surface area contributed by atoms with E-state index in [-0.39, 0.29) is 12.1 Å². The highest BCUT2D eigenvalue weighted by Crippen LogP contribution is 2.38. The summed E-state index contributed by atoms with van der Waals surface area (Å²) in [7, 11) is 0. The number of aromatic amines is 1. The number of hydrazine groups is 1. The lowest BCUT2D eigenvalue weighted by atomic mass is 9.76. The Morgan fingerprint density at radius 3 is 2.35 bits per heavy atom. The Labute approximate surface area is 241 Å². The van der Waals surface area contributed by atoms with Crippen molar-refractivity contribution in [1.82, 2.24) is 25.7 Å². The number of likely N-dealkylation sites (tertiary alicyclic amines) is 1. The summed E-state index contributed by atoms with van der Waals surface area (Å²) >= 11 is 0. The maximum absolute atomic E-state index is 12.5. The van der Waals surface area contributed by atoms with Crippen LogP contribution in [0.3, 0.4) is 0 Å². The van der Waals surface area contributed by atoms with E-state index in [1.807, 2.05) is 34.6 Å². The number of carboxylic acids is 1. The Balaban J connectivity index is 1.65. The van der Waals surface area contributed by atoms with Crippen LogP contribution in [0.25, 0.3) is 0 Å². The van der Waals surface area contributed by atoms with Gasteiger partial charge in [0.15, 0.2) is 6.10 Å². The normalized spacial score (nSPS) is 25.9. The van der Waals surface area contributed by atoms with Crippen LogP contribution in [0, 0.1) is 19.3 Å². The predicted octanol–water partition coefficient (Wildman–Crippen LogP) is 5.45. The lowest BCUT2D eigenvalue weighted by Crippen LogP contribution is -2.53. The lowest BCUT2D eigenvalue weighted by molar-refractivity contribution is -0.155. The average Bonchev–Trinajstić information content (AvgIpc) is 3.18. The Morgan fingerprint density at radius 1 is 1.12 bits per heavy atom. The SMILES string of the molecule is CC1=N/[C@H](C)C(C)NN/C(N2CCC(C)(CCCCCCc3nc(C)c(C)[nH]3)CC2)=C\1[C@H](OC(C)(C)C)C(=O)O. The fraction of sp³-hybridized carbons (Fsp3) is 0.774. The first-order valence-corrected chi connectivity index (χ1v) is 15.2. The number of H-pyrrole nitrogens is 1. The molecule has 0 saturated carbocycles. The maximum Gasteiger partial charge on any atom is 0.337 e. The summed E-state index contributed by atoms with van der Waals surface area (Å²) in [5, 5.41) is 10.2. The average molecular weight is 559 g/mol. The van der Waals surface area contributed by atoms with E-state index in [1.54, 1.807) is 0 Å². The number of carboxylic acid groups (broad SMARTS) is 1. The number of ether oxygens (including phenoxy) is 1. The van der Waals surface area contributed by atoms with Crippen LogP contribution in [-0.2, 0) is 16.0 Å². The minimum Gasteiger partial charge on any atom is -0.479 e. The molecule has 3 rings (SSSR count). The number of aromatic nitrogens is 2. The molecule has 0 aromatic carbocycles. The Morgan fingerprint density at radius 2 is 1.77 bits per heavy atom. The van der Waals surface area contributed by atoms with Gasteiger partial charge in [-0.25, -0.2) is 15.2 Å². The van der Waals surface area contributed by atoms with Crippen molar-refractivity contribution in [2.45, 2.75) is 137 Å². The second kappa shape index (κ2) is 13.5. The van der Waals surface area contributed by atoms with E-state index in [4.69, 9.17) is 9.73 Å². The molecule has 1 aromatic heterocycles. The van der Waals surface area contributed by atoms with Gasteiger partial charge >= 0.3 is 5.97 Å². The number of hydrogen-bond donors (Lipinski definition) is 4. The zero-order valence-electron chi connectivity index (χ0n) is 26.4. The number of aryl methyl sites for hydroxylation is 3. The van der Waals surface area contributed by atoms with Crippen LogP contribution >= 0.6 is 0 Å². The van der Waals surface area contributed by atoms with E-state index in [9.17, 15) is 9.90 Å². The number of nitrogens with zero attached hydrogens (tertiary/aromatic N) is 3. The van der Waals surface area contributed by atoms with Crippen LogP contribution in [0.2, 0.25) is 0 Å². The minimum absolute atomic E-state index is 0.00917. The fourth-order valence-electron chi connectivity index (χ4n) is 5.64. The number of imidazole rings is 1. The van der Waals surface area contributed by atoms with Gasteiger partial charge in [-0.05, 0) is 86.5 Å². The van der Waals surface area contributed by atoms with Crippen LogP contribution in [-0.4, -0.2) is 68.5 Å². The molecule has 0 bridgehead atoms. The third-order valence-corrected chi connectivity index (χ3v) is 8.55. The third-order valence-electron chi connectivity index (χ3n) is 8.55. The molecule has 9 heteroatoms. The third kappa shape index (κ3) is 8.80. The van der Waals surface area contributed by atoms with Gasteiger partial charge in [-0.2, -0.15) is 0 Å². The van der Waals surface area contributed by atoms with E-state index in [0.717, 1.165) is 49.7 Å². The molecule has 3 heterocycles. The molecule has 4 N–H and O–H groups in total. The Hall–Kier alpha value is -2.39. The number of hydrogen-bond acceptors (Lipinski definition) is 7.